The van der Waals surface area contributed by atoms with Gasteiger partial charge < -0.3 is 29.7 Å². The van der Waals surface area contributed by atoms with Gasteiger partial charge in [0, 0.05) is 19.6 Å². The van der Waals surface area contributed by atoms with Crippen molar-refractivity contribution < 1.29 is 14.2 Å². The summed E-state index contributed by atoms with van der Waals surface area (Å²) in [4.78, 5) is 7.07. The molecule has 1 unspecified atom stereocenters. The highest BCUT2D eigenvalue weighted by Gasteiger charge is 2.19. The van der Waals surface area contributed by atoms with E-state index in [1.807, 2.05) is 12.1 Å². The largest absolute Gasteiger partial charge is 0.493 e. The molecule has 0 aliphatic carbocycles. The zero-order chi connectivity index (χ0) is 18.9. The smallest absolute Gasteiger partial charge is 0.203 e. The molecule has 1 aliphatic heterocycles. The summed E-state index contributed by atoms with van der Waals surface area (Å²) >= 11 is 0. The van der Waals surface area contributed by atoms with Crippen LogP contribution in [0.15, 0.2) is 17.1 Å². The summed E-state index contributed by atoms with van der Waals surface area (Å²) < 4.78 is 16.2. The Morgan fingerprint density at radius 3 is 2.30 bits per heavy atom. The van der Waals surface area contributed by atoms with Gasteiger partial charge in [-0.05, 0) is 50.6 Å². The van der Waals surface area contributed by atoms with Gasteiger partial charge in [-0.1, -0.05) is 0 Å². The van der Waals surface area contributed by atoms with Crippen LogP contribution in [0.25, 0.3) is 0 Å². The number of guanidine groups is 1. The topological polar surface area (TPSA) is 67.4 Å². The van der Waals surface area contributed by atoms with Crippen molar-refractivity contribution >= 4 is 29.9 Å². The van der Waals surface area contributed by atoms with E-state index in [2.05, 4.69) is 29.5 Å². The number of hydrogen-bond acceptors (Lipinski definition) is 5. The summed E-state index contributed by atoms with van der Waals surface area (Å²) in [7, 11) is 7.01. The Morgan fingerprint density at radius 2 is 1.81 bits per heavy atom. The lowest BCUT2D eigenvalue weighted by atomic mass is 10.1. The number of ether oxygens (including phenoxy) is 3. The standard InChI is InChI=1S/C19H32N4O3.HI/c1-6-20-19(21-11-14-7-8-23(2)13-14)22-12-15-9-16(24-3)18(26-5)17(10-15)25-4;/h9-10,14H,6-8,11-13H2,1-5H3,(H2,20,21,22);1H. The van der Waals surface area contributed by atoms with E-state index in [1.54, 1.807) is 21.3 Å². The molecule has 1 aromatic carbocycles. The Bertz CT molecular complexity index is 588. The van der Waals surface area contributed by atoms with Crippen LogP contribution in [0.3, 0.4) is 0 Å². The third kappa shape index (κ3) is 6.91. The Hall–Kier alpha value is -1.42. The summed E-state index contributed by atoms with van der Waals surface area (Å²) in [6.07, 6.45) is 1.23. The van der Waals surface area contributed by atoms with E-state index < -0.39 is 0 Å². The molecule has 0 saturated carbocycles. The van der Waals surface area contributed by atoms with Crippen LogP contribution in [0.4, 0.5) is 0 Å². The first kappa shape index (κ1) is 23.6. The van der Waals surface area contributed by atoms with Gasteiger partial charge in [-0.2, -0.15) is 0 Å². The maximum atomic E-state index is 5.41. The minimum absolute atomic E-state index is 0. The van der Waals surface area contributed by atoms with Gasteiger partial charge in [-0.3, -0.25) is 0 Å². The number of nitrogens with one attached hydrogen (secondary N) is 2. The van der Waals surface area contributed by atoms with Crippen LogP contribution < -0.4 is 24.8 Å². The lowest BCUT2D eigenvalue weighted by Crippen LogP contribution is -2.40. The van der Waals surface area contributed by atoms with E-state index in [1.165, 1.54) is 13.0 Å². The molecule has 2 N–H and O–H groups in total. The van der Waals surface area contributed by atoms with Crippen molar-refractivity contribution in [2.75, 3.05) is 54.6 Å². The van der Waals surface area contributed by atoms with Gasteiger partial charge in [0.25, 0.3) is 0 Å². The summed E-state index contributed by atoms with van der Waals surface area (Å²) in [5, 5.41) is 6.76. The molecule has 1 heterocycles. The number of methoxy groups -OCH3 is 3. The fourth-order valence-electron chi connectivity index (χ4n) is 3.17. The molecule has 1 atom stereocenters. The lowest BCUT2D eigenvalue weighted by molar-refractivity contribution is 0.324. The van der Waals surface area contributed by atoms with Gasteiger partial charge in [0.1, 0.15) is 0 Å². The molecule has 0 spiro atoms. The maximum absolute atomic E-state index is 5.41. The van der Waals surface area contributed by atoms with Crippen LogP contribution >= 0.6 is 24.0 Å². The molecule has 0 bridgehead atoms. The molecule has 1 saturated heterocycles. The Kier molecular flexibility index (Phi) is 10.6. The lowest BCUT2D eigenvalue weighted by Gasteiger charge is -2.16. The highest BCUT2D eigenvalue weighted by Crippen LogP contribution is 2.38. The fourth-order valence-corrected chi connectivity index (χ4v) is 3.17. The fraction of sp³-hybridized carbons (Fsp3) is 0.632. The van der Waals surface area contributed by atoms with E-state index in [-0.39, 0.29) is 24.0 Å². The number of aliphatic imine (C=N–C) groups is 1. The van der Waals surface area contributed by atoms with E-state index in [0.29, 0.717) is 29.7 Å². The second-order valence-corrected chi connectivity index (χ2v) is 6.53. The quantitative estimate of drug-likeness (QED) is 0.330. The molecule has 1 fully saturated rings. The van der Waals surface area contributed by atoms with E-state index >= 15 is 0 Å². The third-order valence-corrected chi connectivity index (χ3v) is 4.54. The number of benzene rings is 1. The molecule has 8 heteroatoms. The highest BCUT2D eigenvalue weighted by molar-refractivity contribution is 14.0. The molecule has 0 radical (unpaired) electrons. The first-order valence-corrected chi connectivity index (χ1v) is 9.10. The minimum atomic E-state index is 0. The van der Waals surface area contributed by atoms with E-state index in [9.17, 15) is 0 Å². The molecule has 0 amide bonds. The summed E-state index contributed by atoms with van der Waals surface area (Å²) in [6, 6.07) is 3.86. The van der Waals surface area contributed by atoms with E-state index in [4.69, 9.17) is 19.2 Å². The number of rotatable bonds is 8. The molecular formula is C19H33IN4O3. The average molecular weight is 492 g/mol. The Morgan fingerprint density at radius 1 is 1.15 bits per heavy atom. The van der Waals surface area contributed by atoms with Gasteiger partial charge in [0.05, 0.1) is 27.9 Å². The zero-order valence-corrected chi connectivity index (χ0v) is 19.3. The SMILES string of the molecule is CCNC(=NCc1cc(OC)c(OC)c(OC)c1)NCC1CCN(C)C1.I. The van der Waals surface area contributed by atoms with Gasteiger partial charge in [-0.15, -0.1) is 24.0 Å². The summed E-state index contributed by atoms with van der Waals surface area (Å²) in [6.45, 7) is 6.67. The Balaban J connectivity index is 0.00000364. The van der Waals surface area contributed by atoms with Crippen LogP contribution in [-0.2, 0) is 6.54 Å². The first-order valence-electron chi connectivity index (χ1n) is 9.10. The van der Waals surface area contributed by atoms with E-state index in [0.717, 1.165) is 31.2 Å². The summed E-state index contributed by atoms with van der Waals surface area (Å²) in [5.41, 5.74) is 0.998. The number of halogens is 1. The number of nitrogens with zero attached hydrogens (tertiary/aromatic N) is 2. The highest BCUT2D eigenvalue weighted by atomic mass is 127. The van der Waals surface area contributed by atoms with Crippen molar-refractivity contribution in [2.24, 2.45) is 10.9 Å². The van der Waals surface area contributed by atoms with Gasteiger partial charge >= 0.3 is 0 Å². The molecule has 27 heavy (non-hydrogen) atoms. The second-order valence-electron chi connectivity index (χ2n) is 6.53. The van der Waals surface area contributed by atoms with Crippen LogP contribution in [0, 0.1) is 5.92 Å². The molecular weight excluding hydrogens is 459 g/mol. The second kappa shape index (κ2) is 12.1. The Labute approximate surface area is 179 Å². The van der Waals surface area contributed by atoms with Gasteiger partial charge in [-0.25, -0.2) is 4.99 Å². The van der Waals surface area contributed by atoms with Crippen molar-refractivity contribution in [3.05, 3.63) is 17.7 Å². The van der Waals surface area contributed by atoms with Crippen molar-refractivity contribution in [3.8, 4) is 17.2 Å². The molecule has 1 aromatic rings. The number of likely N-dealkylation sites (tertiary alicyclic amines) is 1. The zero-order valence-electron chi connectivity index (χ0n) is 17.0. The minimum Gasteiger partial charge on any atom is -0.493 e. The molecule has 0 aromatic heterocycles. The van der Waals surface area contributed by atoms with Crippen molar-refractivity contribution in [2.45, 2.75) is 19.9 Å². The van der Waals surface area contributed by atoms with Crippen LogP contribution in [0.2, 0.25) is 0 Å². The average Bonchev–Trinajstić information content (AvgIpc) is 3.08. The summed E-state index contributed by atoms with van der Waals surface area (Å²) in [5.74, 6) is 3.38. The molecule has 7 nitrogen and oxygen atoms in total. The normalized spacial score (nSPS) is 17.2. The predicted molar refractivity (Wildman–Crippen MR) is 120 cm³/mol. The van der Waals surface area contributed by atoms with Crippen LogP contribution in [0.5, 0.6) is 17.2 Å². The first-order chi connectivity index (χ1) is 12.6. The van der Waals surface area contributed by atoms with Gasteiger partial charge in [0.15, 0.2) is 17.5 Å². The predicted octanol–water partition coefficient (Wildman–Crippen LogP) is 2.34. The third-order valence-electron chi connectivity index (χ3n) is 4.54. The molecule has 2 rings (SSSR count). The maximum Gasteiger partial charge on any atom is 0.203 e. The molecule has 1 aliphatic rings. The van der Waals surface area contributed by atoms with Gasteiger partial charge in [0.2, 0.25) is 5.75 Å². The van der Waals surface area contributed by atoms with Crippen molar-refractivity contribution in [3.63, 3.8) is 0 Å². The van der Waals surface area contributed by atoms with Crippen molar-refractivity contribution in [1.82, 2.24) is 15.5 Å². The van der Waals surface area contributed by atoms with Crippen LogP contribution in [0.1, 0.15) is 18.9 Å². The van der Waals surface area contributed by atoms with Crippen LogP contribution in [-0.4, -0.2) is 65.4 Å². The number of hydrogen-bond donors (Lipinski definition) is 2. The molecule has 154 valence electrons. The van der Waals surface area contributed by atoms with Crippen molar-refractivity contribution in [1.29, 1.82) is 0 Å². The monoisotopic (exact) mass is 492 g/mol.